The second kappa shape index (κ2) is 10.5. The average molecular weight is 578 g/mol. The number of ether oxygens (including phenoxy) is 2. The van der Waals surface area contributed by atoms with E-state index in [4.69, 9.17) is 9.47 Å². The summed E-state index contributed by atoms with van der Waals surface area (Å²) in [6.45, 7) is 13.4. The monoisotopic (exact) mass is 576 g/mol. The van der Waals surface area contributed by atoms with Gasteiger partial charge in [0.15, 0.2) is 0 Å². The van der Waals surface area contributed by atoms with E-state index in [1.54, 1.807) is 17.9 Å². The van der Waals surface area contributed by atoms with Crippen LogP contribution in [0.1, 0.15) is 38.3 Å². The first kappa shape index (κ1) is 27.8. The molecule has 8 nitrogen and oxygen atoms in total. The van der Waals surface area contributed by atoms with Crippen molar-refractivity contribution < 1.29 is 29.0 Å². The fraction of sp³-hybridized carbons (Fsp3) is 0.607. The summed E-state index contributed by atoms with van der Waals surface area (Å²) in [5.41, 5.74) is 1.42. The largest absolute Gasteiger partial charge is 0.466 e. The van der Waals surface area contributed by atoms with Gasteiger partial charge in [-0.3, -0.25) is 14.4 Å². The number of rotatable bonds is 9. The molecular weight excluding hydrogens is 540 g/mol. The number of benzene rings is 1. The number of carbonyl (C=O) groups excluding carboxylic acids is 3. The smallest absolute Gasteiger partial charge is 0.312 e. The Labute approximate surface area is 227 Å². The third kappa shape index (κ3) is 4.33. The number of aliphatic hydroxyl groups is 1. The van der Waals surface area contributed by atoms with E-state index in [0.29, 0.717) is 6.42 Å². The van der Waals surface area contributed by atoms with Crippen molar-refractivity contribution in [3.8, 4) is 0 Å². The molecule has 7 atom stereocenters. The van der Waals surface area contributed by atoms with Crippen molar-refractivity contribution in [2.24, 2.45) is 17.8 Å². The quantitative estimate of drug-likeness (QED) is 0.275. The standard InChI is InChI=1S/C28H37BrN2O6/c1-7-11-30(19-12-16(5)9-10-17(19)6)26(34)24-28-13-18(29)23(37-28)21(27(35)36-8-2)22(28)25(33)31(24)20(14-32)15(3)4/h7,9-10,12,15,18,20-24,32H,1,8,11,13-14H2,2-6H3/t18?,20-,21+,22-,23+,24+,28-/m0/s1. The first-order valence-corrected chi connectivity index (χ1v) is 13.9. The molecule has 0 aromatic heterocycles. The van der Waals surface area contributed by atoms with E-state index in [-0.39, 0.29) is 42.3 Å². The van der Waals surface area contributed by atoms with Gasteiger partial charge in [-0.2, -0.15) is 0 Å². The van der Waals surface area contributed by atoms with Crippen LogP contribution in [-0.2, 0) is 23.9 Å². The number of hydrogen-bond acceptors (Lipinski definition) is 6. The first-order valence-electron chi connectivity index (χ1n) is 12.9. The maximum Gasteiger partial charge on any atom is 0.312 e. The van der Waals surface area contributed by atoms with Gasteiger partial charge in [-0.1, -0.05) is 48.0 Å². The van der Waals surface area contributed by atoms with Gasteiger partial charge in [-0.05, 0) is 50.3 Å². The minimum Gasteiger partial charge on any atom is -0.466 e. The van der Waals surface area contributed by atoms with E-state index in [1.165, 1.54) is 4.90 Å². The topological polar surface area (TPSA) is 96.4 Å². The van der Waals surface area contributed by atoms with Crippen molar-refractivity contribution in [2.45, 2.75) is 69.7 Å². The number of likely N-dealkylation sites (tertiary alicyclic amines) is 1. The number of anilines is 1. The highest BCUT2D eigenvalue weighted by Crippen LogP contribution is 2.61. The minimum absolute atomic E-state index is 0.133. The molecule has 3 aliphatic rings. The molecule has 9 heteroatoms. The number of aliphatic hydroxyl groups excluding tert-OH is 1. The Morgan fingerprint density at radius 1 is 1.38 bits per heavy atom. The van der Waals surface area contributed by atoms with Crippen LogP contribution in [-0.4, -0.2) is 76.2 Å². The molecule has 3 aliphatic heterocycles. The normalized spacial score (nSPS) is 31.0. The molecule has 1 N–H and O–H groups in total. The third-order valence-corrected chi connectivity index (χ3v) is 8.91. The molecule has 2 bridgehead atoms. The van der Waals surface area contributed by atoms with Crippen molar-refractivity contribution in [3.63, 3.8) is 0 Å². The van der Waals surface area contributed by atoms with Crippen LogP contribution in [0.25, 0.3) is 0 Å². The van der Waals surface area contributed by atoms with E-state index in [9.17, 15) is 19.5 Å². The molecular formula is C28H37BrN2O6. The van der Waals surface area contributed by atoms with Crippen LogP contribution in [0.5, 0.6) is 0 Å². The molecule has 3 saturated heterocycles. The third-order valence-electron chi connectivity index (χ3n) is 8.07. The summed E-state index contributed by atoms with van der Waals surface area (Å²) in [5.74, 6) is -2.97. The summed E-state index contributed by atoms with van der Waals surface area (Å²) in [6.07, 6.45) is 1.47. The second-order valence-electron chi connectivity index (χ2n) is 10.7. The summed E-state index contributed by atoms with van der Waals surface area (Å²) < 4.78 is 11.9. The lowest BCUT2D eigenvalue weighted by Gasteiger charge is -2.40. The van der Waals surface area contributed by atoms with Crippen molar-refractivity contribution in [2.75, 3.05) is 24.7 Å². The molecule has 0 radical (unpaired) electrons. The van der Waals surface area contributed by atoms with E-state index < -0.39 is 41.6 Å². The maximum atomic E-state index is 14.6. The van der Waals surface area contributed by atoms with Gasteiger partial charge in [0.25, 0.3) is 5.91 Å². The van der Waals surface area contributed by atoms with Gasteiger partial charge in [0.2, 0.25) is 5.91 Å². The summed E-state index contributed by atoms with van der Waals surface area (Å²) >= 11 is 3.67. The fourth-order valence-corrected chi connectivity index (χ4v) is 7.37. The number of fused-ring (bicyclic) bond motifs is 1. The van der Waals surface area contributed by atoms with Crippen LogP contribution in [0, 0.1) is 31.6 Å². The minimum atomic E-state index is -1.22. The number of carbonyl (C=O) groups is 3. The number of alkyl halides is 1. The number of esters is 1. The highest BCUT2D eigenvalue weighted by atomic mass is 79.9. The lowest BCUT2D eigenvalue weighted by molar-refractivity contribution is -0.155. The van der Waals surface area contributed by atoms with Crippen LogP contribution >= 0.6 is 15.9 Å². The highest BCUT2D eigenvalue weighted by molar-refractivity contribution is 9.09. The lowest BCUT2D eigenvalue weighted by Crippen LogP contribution is -2.60. The number of nitrogens with zero attached hydrogens (tertiary/aromatic N) is 2. The van der Waals surface area contributed by atoms with Crippen molar-refractivity contribution in [1.82, 2.24) is 4.90 Å². The lowest BCUT2D eigenvalue weighted by atomic mass is 9.70. The van der Waals surface area contributed by atoms with Crippen molar-refractivity contribution >= 4 is 39.4 Å². The van der Waals surface area contributed by atoms with E-state index >= 15 is 0 Å². The Morgan fingerprint density at radius 3 is 2.68 bits per heavy atom. The van der Waals surface area contributed by atoms with E-state index in [1.807, 2.05) is 45.9 Å². The molecule has 2 amide bonds. The Hall–Kier alpha value is -2.23. The fourth-order valence-electron chi connectivity index (χ4n) is 6.43. The Balaban J connectivity index is 1.88. The van der Waals surface area contributed by atoms with Crippen LogP contribution in [0.2, 0.25) is 0 Å². The molecule has 4 rings (SSSR count). The first-order chi connectivity index (χ1) is 17.5. The molecule has 202 valence electrons. The Kier molecular flexibility index (Phi) is 7.89. The Morgan fingerprint density at radius 2 is 2.08 bits per heavy atom. The maximum absolute atomic E-state index is 14.6. The molecule has 3 heterocycles. The molecule has 0 saturated carbocycles. The molecule has 1 aromatic carbocycles. The molecule has 1 aromatic rings. The van der Waals surface area contributed by atoms with E-state index in [0.717, 1.165) is 16.8 Å². The molecule has 0 aliphatic carbocycles. The second-order valence-corrected chi connectivity index (χ2v) is 11.9. The highest BCUT2D eigenvalue weighted by Gasteiger charge is 2.77. The van der Waals surface area contributed by atoms with Crippen LogP contribution in [0.3, 0.4) is 0 Å². The number of amides is 2. The molecule has 1 unspecified atom stereocenters. The Bertz CT molecular complexity index is 1090. The zero-order valence-electron chi connectivity index (χ0n) is 22.1. The predicted molar refractivity (Wildman–Crippen MR) is 143 cm³/mol. The summed E-state index contributed by atoms with van der Waals surface area (Å²) in [5, 5.41) is 10.4. The van der Waals surface area contributed by atoms with E-state index in [2.05, 4.69) is 22.5 Å². The van der Waals surface area contributed by atoms with Gasteiger partial charge in [-0.25, -0.2) is 0 Å². The van der Waals surface area contributed by atoms with Gasteiger partial charge in [-0.15, -0.1) is 6.58 Å². The molecule has 37 heavy (non-hydrogen) atoms. The van der Waals surface area contributed by atoms with Crippen LogP contribution in [0.4, 0.5) is 5.69 Å². The number of halogens is 1. The summed E-state index contributed by atoms with van der Waals surface area (Å²) in [4.78, 5) is 44.8. The van der Waals surface area contributed by atoms with Gasteiger partial charge >= 0.3 is 5.97 Å². The SMILES string of the molecule is C=CCN(C(=O)[C@H]1N([C@@H](CO)C(C)C)C(=O)[C@@H]2[C@@H](C(=O)OCC)[C@@H]3O[C@@]21CC3Br)c1cc(C)ccc1C. The molecule has 1 spiro atoms. The van der Waals surface area contributed by atoms with Gasteiger partial charge in [0.05, 0.1) is 37.2 Å². The zero-order chi connectivity index (χ0) is 27.2. The van der Waals surface area contributed by atoms with Crippen LogP contribution < -0.4 is 4.90 Å². The number of hydrogen-bond donors (Lipinski definition) is 1. The predicted octanol–water partition coefficient (Wildman–Crippen LogP) is 3.15. The van der Waals surface area contributed by atoms with Gasteiger partial charge < -0.3 is 24.4 Å². The van der Waals surface area contributed by atoms with Crippen LogP contribution in [0.15, 0.2) is 30.9 Å². The van der Waals surface area contributed by atoms with Gasteiger partial charge in [0.1, 0.15) is 11.6 Å². The zero-order valence-corrected chi connectivity index (χ0v) is 23.7. The summed E-state index contributed by atoms with van der Waals surface area (Å²) in [7, 11) is 0. The van der Waals surface area contributed by atoms with Crippen molar-refractivity contribution in [1.29, 1.82) is 0 Å². The van der Waals surface area contributed by atoms with Crippen molar-refractivity contribution in [3.05, 3.63) is 42.0 Å². The summed E-state index contributed by atoms with van der Waals surface area (Å²) in [6, 6.07) is 4.25. The number of aryl methyl sites for hydroxylation is 2. The molecule has 3 fully saturated rings. The average Bonchev–Trinajstić information content (AvgIpc) is 3.43. The van der Waals surface area contributed by atoms with Gasteiger partial charge in [0, 0.05) is 17.1 Å².